The molecule has 186 valence electrons. The molecule has 2 heterocycles. The first-order valence-electron chi connectivity index (χ1n) is 12.2. The van der Waals surface area contributed by atoms with Crippen LogP contribution in [-0.2, 0) is 35.0 Å². The van der Waals surface area contributed by atoms with E-state index in [4.69, 9.17) is 18.6 Å². The minimum Gasteiger partial charge on any atom is -0.464 e. The Labute approximate surface area is 201 Å². The lowest BCUT2D eigenvalue weighted by atomic mass is 9.56. The maximum Gasteiger partial charge on any atom is 0.306 e. The number of hydrogen-bond acceptors (Lipinski definition) is 7. The number of hydrogen-bond donors (Lipinski definition) is 0. The van der Waals surface area contributed by atoms with E-state index in [-0.39, 0.29) is 36.6 Å². The van der Waals surface area contributed by atoms with Crippen molar-refractivity contribution in [1.29, 1.82) is 0 Å². The van der Waals surface area contributed by atoms with Crippen LogP contribution < -0.4 is 0 Å². The van der Waals surface area contributed by atoms with Gasteiger partial charge in [0, 0.05) is 37.7 Å². The molecule has 1 saturated carbocycles. The van der Waals surface area contributed by atoms with Crippen molar-refractivity contribution in [3.8, 4) is 0 Å². The Hall–Kier alpha value is -2.41. The van der Waals surface area contributed by atoms with Gasteiger partial charge >= 0.3 is 11.9 Å². The monoisotopic (exact) mass is 472 g/mol. The third-order valence-electron chi connectivity index (χ3n) is 7.91. The third kappa shape index (κ3) is 4.23. The van der Waals surface area contributed by atoms with Crippen molar-refractivity contribution in [2.24, 2.45) is 17.3 Å². The SMILES string of the molecule is CC(=O)O[C@H]1C[C@H]2O[C@@]2(C)[C@@H]2Cc3c(C)coc3/C=C(/C)CC(=O)[C@H](OC(=O)CC(C)C)[C@@]12C. The van der Waals surface area contributed by atoms with Crippen molar-refractivity contribution in [3.63, 3.8) is 0 Å². The number of ether oxygens (including phenoxy) is 3. The fourth-order valence-electron chi connectivity index (χ4n) is 6.07. The molecule has 7 nitrogen and oxygen atoms in total. The first-order chi connectivity index (χ1) is 15.9. The molecule has 0 unspecified atom stereocenters. The molecular formula is C27H36O7. The quantitative estimate of drug-likeness (QED) is 0.467. The number of Topliss-reactive ketones (excluding diaryl/α,β-unsaturated/α-hetero) is 1. The first kappa shape index (κ1) is 24.7. The summed E-state index contributed by atoms with van der Waals surface area (Å²) in [5.74, 6) is -0.473. The van der Waals surface area contributed by atoms with Crippen LogP contribution in [0.2, 0.25) is 0 Å². The number of furan rings is 1. The van der Waals surface area contributed by atoms with E-state index >= 15 is 0 Å². The van der Waals surface area contributed by atoms with Gasteiger partial charge < -0.3 is 18.6 Å². The second-order valence-corrected chi connectivity index (χ2v) is 11.1. The van der Waals surface area contributed by atoms with Crippen LogP contribution in [0.1, 0.15) is 77.7 Å². The predicted molar refractivity (Wildman–Crippen MR) is 125 cm³/mol. The highest BCUT2D eigenvalue weighted by atomic mass is 16.6. The van der Waals surface area contributed by atoms with Gasteiger partial charge in [0.1, 0.15) is 11.9 Å². The fourth-order valence-corrected chi connectivity index (χ4v) is 6.07. The summed E-state index contributed by atoms with van der Waals surface area (Å²) in [6.07, 6.45) is 3.17. The van der Waals surface area contributed by atoms with Crippen molar-refractivity contribution >= 4 is 23.8 Å². The Morgan fingerprint density at radius 3 is 2.56 bits per heavy atom. The molecule has 0 N–H and O–H groups in total. The summed E-state index contributed by atoms with van der Waals surface area (Å²) >= 11 is 0. The molecule has 1 saturated heterocycles. The van der Waals surface area contributed by atoms with Crippen LogP contribution in [0.15, 0.2) is 16.3 Å². The minimum absolute atomic E-state index is 0.0899. The van der Waals surface area contributed by atoms with Gasteiger partial charge in [-0.25, -0.2) is 0 Å². The maximum atomic E-state index is 13.8. The van der Waals surface area contributed by atoms with Crippen molar-refractivity contribution in [2.45, 2.75) is 98.1 Å². The molecule has 4 rings (SSSR count). The van der Waals surface area contributed by atoms with Gasteiger partial charge in [-0.05, 0) is 44.7 Å². The van der Waals surface area contributed by atoms with E-state index in [2.05, 4.69) is 0 Å². The summed E-state index contributed by atoms with van der Waals surface area (Å²) in [6.45, 7) is 13.1. The average Bonchev–Trinajstić information content (AvgIpc) is 3.25. The van der Waals surface area contributed by atoms with E-state index in [1.807, 2.05) is 47.6 Å². The number of rotatable bonds is 4. The Morgan fingerprint density at radius 2 is 1.91 bits per heavy atom. The molecular weight excluding hydrogens is 436 g/mol. The van der Waals surface area contributed by atoms with Crippen molar-refractivity contribution in [1.82, 2.24) is 0 Å². The van der Waals surface area contributed by atoms with Crippen LogP contribution in [0.3, 0.4) is 0 Å². The van der Waals surface area contributed by atoms with E-state index in [0.717, 1.165) is 22.5 Å². The molecule has 1 aliphatic heterocycles. The molecule has 1 aromatic rings. The van der Waals surface area contributed by atoms with Crippen molar-refractivity contribution in [2.75, 3.05) is 0 Å². The summed E-state index contributed by atoms with van der Waals surface area (Å²) in [6, 6.07) is 0. The smallest absolute Gasteiger partial charge is 0.306 e. The number of epoxide rings is 1. The molecule has 0 radical (unpaired) electrons. The number of carbonyl (C=O) groups excluding carboxylic acids is 3. The van der Waals surface area contributed by atoms with Gasteiger partial charge in [0.25, 0.3) is 0 Å². The van der Waals surface area contributed by atoms with E-state index in [9.17, 15) is 14.4 Å². The molecule has 2 aliphatic carbocycles. The van der Waals surface area contributed by atoms with Gasteiger partial charge in [-0.15, -0.1) is 0 Å². The minimum atomic E-state index is -1.06. The van der Waals surface area contributed by atoms with Crippen LogP contribution in [0.25, 0.3) is 6.08 Å². The zero-order chi connectivity index (χ0) is 25.0. The molecule has 0 bridgehead atoms. The molecule has 1 aromatic heterocycles. The molecule has 7 heteroatoms. The number of fused-ring (bicyclic) bond motifs is 4. The van der Waals surface area contributed by atoms with E-state index in [1.54, 1.807) is 6.26 Å². The lowest BCUT2D eigenvalue weighted by molar-refractivity contribution is -0.191. The van der Waals surface area contributed by atoms with Gasteiger partial charge in [0.05, 0.1) is 23.4 Å². The summed E-state index contributed by atoms with van der Waals surface area (Å²) in [5.41, 5.74) is 1.37. The van der Waals surface area contributed by atoms with Gasteiger partial charge in [-0.3, -0.25) is 14.4 Å². The zero-order valence-corrected chi connectivity index (χ0v) is 21.2. The summed E-state index contributed by atoms with van der Waals surface area (Å²) < 4.78 is 23.9. The second-order valence-electron chi connectivity index (χ2n) is 11.1. The predicted octanol–water partition coefficient (Wildman–Crippen LogP) is 4.58. The lowest BCUT2D eigenvalue weighted by Crippen LogP contribution is -2.61. The highest BCUT2D eigenvalue weighted by molar-refractivity contribution is 5.89. The number of ketones is 1. The van der Waals surface area contributed by atoms with Gasteiger partial charge in [-0.1, -0.05) is 26.3 Å². The Morgan fingerprint density at radius 1 is 1.21 bits per heavy atom. The molecule has 3 aliphatic rings. The number of carbonyl (C=O) groups is 3. The molecule has 6 atom stereocenters. The fraction of sp³-hybridized carbons (Fsp3) is 0.667. The molecule has 0 aromatic carbocycles. The van der Waals surface area contributed by atoms with Crippen LogP contribution in [0.5, 0.6) is 0 Å². The second kappa shape index (κ2) is 8.67. The van der Waals surface area contributed by atoms with E-state index in [0.29, 0.717) is 12.8 Å². The third-order valence-corrected chi connectivity index (χ3v) is 7.91. The van der Waals surface area contributed by atoms with Crippen LogP contribution in [-0.4, -0.2) is 41.6 Å². The molecule has 2 fully saturated rings. The van der Waals surface area contributed by atoms with Crippen molar-refractivity contribution in [3.05, 3.63) is 28.7 Å². The molecule has 34 heavy (non-hydrogen) atoms. The number of aryl methyl sites for hydroxylation is 1. The van der Waals surface area contributed by atoms with Crippen molar-refractivity contribution < 1.29 is 33.0 Å². The van der Waals surface area contributed by atoms with Gasteiger partial charge in [0.2, 0.25) is 0 Å². The zero-order valence-electron chi connectivity index (χ0n) is 21.2. The summed E-state index contributed by atoms with van der Waals surface area (Å²) in [4.78, 5) is 38.8. The average molecular weight is 473 g/mol. The Kier molecular flexibility index (Phi) is 6.30. The Balaban J connectivity index is 1.88. The summed E-state index contributed by atoms with van der Waals surface area (Å²) in [5, 5.41) is 0. The topological polar surface area (TPSA) is 95.3 Å². The lowest BCUT2D eigenvalue weighted by Gasteiger charge is -2.50. The first-order valence-corrected chi connectivity index (χ1v) is 12.2. The van der Waals surface area contributed by atoms with Crippen LogP contribution in [0, 0.1) is 24.2 Å². The molecule has 0 amide bonds. The van der Waals surface area contributed by atoms with E-state index in [1.165, 1.54) is 6.92 Å². The van der Waals surface area contributed by atoms with Gasteiger partial charge in [0.15, 0.2) is 11.9 Å². The standard InChI is InChI=1S/C27H36O7/c1-14(2)8-24(30)33-25-19(29)9-15(3)10-20-18(16(4)13-31-20)11-21-26(25,6)22(32-17(5)28)12-23-27(21,7)34-23/h10,13-14,21-23,25H,8-9,11-12H2,1-7H3/b15-10-/t21-,22+,23-,25+,26-,27+/m1/s1. The Bertz CT molecular complexity index is 1030. The van der Waals surface area contributed by atoms with Crippen LogP contribution in [0.4, 0.5) is 0 Å². The number of esters is 2. The normalized spacial score (nSPS) is 36.5. The van der Waals surface area contributed by atoms with Gasteiger partial charge in [-0.2, -0.15) is 0 Å². The molecule has 0 spiro atoms. The van der Waals surface area contributed by atoms with E-state index < -0.39 is 35.2 Å². The summed E-state index contributed by atoms with van der Waals surface area (Å²) in [7, 11) is 0. The largest absolute Gasteiger partial charge is 0.464 e. The highest BCUT2D eigenvalue weighted by Crippen LogP contribution is 2.62. The van der Waals surface area contributed by atoms with Crippen LogP contribution >= 0.6 is 0 Å². The maximum absolute atomic E-state index is 13.8. The highest BCUT2D eigenvalue weighted by Gasteiger charge is 2.72. The number of allylic oxidation sites excluding steroid dienone is 1.